The number of aliphatic hydroxyl groups excluding tert-OH is 1. The van der Waals surface area contributed by atoms with E-state index in [2.05, 4.69) is 21.8 Å². The Bertz CT molecular complexity index is 372. The quantitative estimate of drug-likeness (QED) is 0.818. The molecule has 0 radical (unpaired) electrons. The van der Waals surface area contributed by atoms with Gasteiger partial charge in [0.05, 0.1) is 6.10 Å². The molecule has 1 saturated heterocycles. The van der Waals surface area contributed by atoms with Crippen molar-refractivity contribution in [1.29, 1.82) is 0 Å². The van der Waals surface area contributed by atoms with Gasteiger partial charge in [0.2, 0.25) is 0 Å². The van der Waals surface area contributed by atoms with E-state index < -0.39 is 0 Å². The van der Waals surface area contributed by atoms with Crippen LogP contribution >= 0.6 is 11.6 Å². The van der Waals surface area contributed by atoms with Crippen LogP contribution in [-0.2, 0) is 6.42 Å². The van der Waals surface area contributed by atoms with Crippen LogP contribution in [0.2, 0.25) is 5.15 Å². The van der Waals surface area contributed by atoms with E-state index in [1.807, 2.05) is 0 Å². The van der Waals surface area contributed by atoms with E-state index >= 15 is 0 Å². The molecular formula is C11H16ClN3O. The Morgan fingerprint density at radius 3 is 3.00 bits per heavy atom. The van der Waals surface area contributed by atoms with Gasteiger partial charge in [0.15, 0.2) is 0 Å². The van der Waals surface area contributed by atoms with E-state index in [0.717, 1.165) is 37.2 Å². The number of anilines is 1. The number of hydrogen-bond acceptors (Lipinski definition) is 4. The predicted molar refractivity (Wildman–Crippen MR) is 63.9 cm³/mol. The fourth-order valence-electron chi connectivity index (χ4n) is 2.05. The van der Waals surface area contributed by atoms with Crippen molar-refractivity contribution in [2.75, 3.05) is 18.0 Å². The SMILES string of the molecule is CCCc1c(Cl)ncnc1N1CCC(O)C1. The van der Waals surface area contributed by atoms with Crippen molar-refractivity contribution >= 4 is 17.4 Å². The van der Waals surface area contributed by atoms with Crippen molar-refractivity contribution in [3.63, 3.8) is 0 Å². The van der Waals surface area contributed by atoms with Gasteiger partial charge in [-0.3, -0.25) is 0 Å². The summed E-state index contributed by atoms with van der Waals surface area (Å²) in [6.07, 6.45) is 3.93. The Morgan fingerprint density at radius 2 is 2.38 bits per heavy atom. The average molecular weight is 242 g/mol. The maximum atomic E-state index is 9.53. The second-order valence-electron chi connectivity index (χ2n) is 4.11. The molecule has 2 heterocycles. The summed E-state index contributed by atoms with van der Waals surface area (Å²) >= 11 is 6.08. The summed E-state index contributed by atoms with van der Waals surface area (Å²) in [7, 11) is 0. The summed E-state index contributed by atoms with van der Waals surface area (Å²) in [4.78, 5) is 10.4. The standard InChI is InChI=1S/C11H16ClN3O/c1-2-3-9-10(12)13-7-14-11(9)15-5-4-8(16)6-15/h7-8,16H,2-6H2,1H3. The largest absolute Gasteiger partial charge is 0.391 e. The molecule has 0 saturated carbocycles. The van der Waals surface area contributed by atoms with E-state index in [0.29, 0.717) is 11.7 Å². The van der Waals surface area contributed by atoms with Crippen molar-refractivity contribution < 1.29 is 5.11 Å². The maximum absolute atomic E-state index is 9.53. The van der Waals surface area contributed by atoms with Gasteiger partial charge in [0.1, 0.15) is 17.3 Å². The minimum absolute atomic E-state index is 0.247. The summed E-state index contributed by atoms with van der Waals surface area (Å²) in [5.41, 5.74) is 1.00. The van der Waals surface area contributed by atoms with Gasteiger partial charge < -0.3 is 10.0 Å². The first-order valence-electron chi connectivity index (χ1n) is 5.64. The molecule has 0 bridgehead atoms. The molecule has 4 nitrogen and oxygen atoms in total. The first-order valence-corrected chi connectivity index (χ1v) is 6.02. The highest BCUT2D eigenvalue weighted by atomic mass is 35.5. The smallest absolute Gasteiger partial charge is 0.137 e. The lowest BCUT2D eigenvalue weighted by Gasteiger charge is -2.20. The third-order valence-electron chi connectivity index (χ3n) is 2.83. The lowest BCUT2D eigenvalue weighted by atomic mass is 10.2. The fraction of sp³-hybridized carbons (Fsp3) is 0.636. The topological polar surface area (TPSA) is 49.2 Å². The average Bonchev–Trinajstić information content (AvgIpc) is 2.68. The van der Waals surface area contributed by atoms with Gasteiger partial charge in [-0.05, 0) is 12.8 Å². The van der Waals surface area contributed by atoms with Gasteiger partial charge in [0.25, 0.3) is 0 Å². The van der Waals surface area contributed by atoms with Crippen LogP contribution in [0, 0.1) is 0 Å². The predicted octanol–water partition coefficient (Wildman–Crippen LogP) is 1.65. The number of aromatic nitrogens is 2. The normalized spacial score (nSPS) is 20.4. The third-order valence-corrected chi connectivity index (χ3v) is 3.16. The van der Waals surface area contributed by atoms with Gasteiger partial charge in [-0.25, -0.2) is 9.97 Å². The lowest BCUT2D eigenvalue weighted by Crippen LogP contribution is -2.24. The molecule has 1 atom stereocenters. The van der Waals surface area contributed by atoms with Crippen LogP contribution in [-0.4, -0.2) is 34.3 Å². The van der Waals surface area contributed by atoms with Crippen LogP contribution in [0.25, 0.3) is 0 Å². The van der Waals surface area contributed by atoms with Gasteiger partial charge in [-0.1, -0.05) is 24.9 Å². The molecule has 1 aliphatic rings. The zero-order chi connectivity index (χ0) is 11.5. The summed E-state index contributed by atoms with van der Waals surface area (Å²) in [6, 6.07) is 0. The molecule has 2 rings (SSSR count). The zero-order valence-corrected chi connectivity index (χ0v) is 10.1. The Kier molecular flexibility index (Phi) is 3.61. The van der Waals surface area contributed by atoms with Crippen molar-refractivity contribution in [2.24, 2.45) is 0 Å². The molecule has 88 valence electrons. The molecule has 1 fully saturated rings. The van der Waals surface area contributed by atoms with E-state index in [1.165, 1.54) is 6.33 Å². The van der Waals surface area contributed by atoms with Gasteiger partial charge in [0, 0.05) is 18.7 Å². The summed E-state index contributed by atoms with van der Waals surface area (Å²) in [5, 5.41) is 10.1. The molecule has 0 amide bonds. The molecule has 1 aromatic rings. The Balaban J connectivity index is 2.28. The number of β-amino-alcohol motifs (C(OH)–C–C–N with tert-alkyl or cyclic N) is 1. The van der Waals surface area contributed by atoms with Gasteiger partial charge >= 0.3 is 0 Å². The molecule has 0 aromatic carbocycles. The molecule has 0 aliphatic carbocycles. The molecular weight excluding hydrogens is 226 g/mol. The zero-order valence-electron chi connectivity index (χ0n) is 9.36. The Labute approximate surface area is 100 Å². The van der Waals surface area contributed by atoms with Crippen LogP contribution in [0.5, 0.6) is 0 Å². The molecule has 5 heteroatoms. The van der Waals surface area contributed by atoms with Gasteiger partial charge in [-0.2, -0.15) is 0 Å². The third kappa shape index (κ3) is 2.28. The number of halogens is 1. The van der Waals surface area contributed by atoms with E-state index in [1.54, 1.807) is 0 Å². The monoisotopic (exact) mass is 241 g/mol. The molecule has 0 spiro atoms. The molecule has 1 aromatic heterocycles. The van der Waals surface area contributed by atoms with Crippen LogP contribution in [0.4, 0.5) is 5.82 Å². The Morgan fingerprint density at radius 1 is 1.56 bits per heavy atom. The lowest BCUT2D eigenvalue weighted by molar-refractivity contribution is 0.198. The van der Waals surface area contributed by atoms with Crippen molar-refractivity contribution in [1.82, 2.24) is 9.97 Å². The minimum Gasteiger partial charge on any atom is -0.391 e. The first-order chi connectivity index (χ1) is 7.72. The van der Waals surface area contributed by atoms with Crippen LogP contribution in [0.1, 0.15) is 25.3 Å². The second kappa shape index (κ2) is 4.97. The number of nitrogens with zero attached hydrogens (tertiary/aromatic N) is 3. The number of hydrogen-bond donors (Lipinski definition) is 1. The minimum atomic E-state index is -0.247. The fourth-order valence-corrected chi connectivity index (χ4v) is 2.28. The molecule has 16 heavy (non-hydrogen) atoms. The maximum Gasteiger partial charge on any atom is 0.137 e. The molecule has 1 unspecified atom stereocenters. The molecule has 1 aliphatic heterocycles. The number of aliphatic hydroxyl groups is 1. The second-order valence-corrected chi connectivity index (χ2v) is 4.46. The summed E-state index contributed by atoms with van der Waals surface area (Å²) in [6.45, 7) is 3.58. The van der Waals surface area contributed by atoms with E-state index in [4.69, 9.17) is 11.6 Å². The van der Waals surface area contributed by atoms with Gasteiger partial charge in [-0.15, -0.1) is 0 Å². The van der Waals surface area contributed by atoms with Crippen LogP contribution in [0.3, 0.4) is 0 Å². The van der Waals surface area contributed by atoms with Crippen LogP contribution < -0.4 is 4.90 Å². The van der Waals surface area contributed by atoms with E-state index in [-0.39, 0.29) is 6.10 Å². The molecule has 1 N–H and O–H groups in total. The van der Waals surface area contributed by atoms with E-state index in [9.17, 15) is 5.11 Å². The Hall–Kier alpha value is -0.870. The van der Waals surface area contributed by atoms with Crippen molar-refractivity contribution in [2.45, 2.75) is 32.3 Å². The highest BCUT2D eigenvalue weighted by molar-refractivity contribution is 6.30. The van der Waals surface area contributed by atoms with Crippen molar-refractivity contribution in [3.05, 3.63) is 17.0 Å². The first kappa shape index (κ1) is 11.6. The highest BCUT2D eigenvalue weighted by Gasteiger charge is 2.24. The highest BCUT2D eigenvalue weighted by Crippen LogP contribution is 2.27. The summed E-state index contributed by atoms with van der Waals surface area (Å²) in [5.74, 6) is 0.887. The van der Waals surface area contributed by atoms with Crippen LogP contribution in [0.15, 0.2) is 6.33 Å². The van der Waals surface area contributed by atoms with Crippen molar-refractivity contribution in [3.8, 4) is 0 Å². The number of rotatable bonds is 3. The summed E-state index contributed by atoms with van der Waals surface area (Å²) < 4.78 is 0.